The molecule has 9 nitrogen and oxygen atoms in total. The lowest BCUT2D eigenvalue weighted by molar-refractivity contribution is -0.870. The number of esters is 2. The first-order valence-electron chi connectivity index (χ1n) is 31.4. The van der Waals surface area contributed by atoms with E-state index in [2.05, 4.69) is 26.0 Å². The molecule has 72 heavy (non-hydrogen) atoms. The van der Waals surface area contributed by atoms with E-state index in [0.29, 0.717) is 17.4 Å². The van der Waals surface area contributed by atoms with E-state index in [1.54, 1.807) is 0 Å². The molecular weight excluding hydrogens is 899 g/mol. The van der Waals surface area contributed by atoms with Gasteiger partial charge in [-0.3, -0.25) is 9.59 Å². The van der Waals surface area contributed by atoms with Crippen LogP contribution in [0.5, 0.6) is 0 Å². The fourth-order valence-corrected chi connectivity index (χ4v) is 9.42. The molecule has 0 bridgehead atoms. The van der Waals surface area contributed by atoms with Gasteiger partial charge in [0.05, 0.1) is 34.4 Å². The number of quaternary nitrogens is 1. The van der Waals surface area contributed by atoms with Crippen molar-refractivity contribution in [3.63, 3.8) is 0 Å². The molecule has 0 aromatic heterocycles. The van der Waals surface area contributed by atoms with Crippen LogP contribution in [-0.2, 0) is 33.3 Å². The zero-order chi connectivity index (χ0) is 52.7. The van der Waals surface area contributed by atoms with Gasteiger partial charge in [0.1, 0.15) is 13.2 Å². The zero-order valence-electron chi connectivity index (χ0n) is 48.6. The van der Waals surface area contributed by atoms with Gasteiger partial charge in [0.25, 0.3) is 6.29 Å². The van der Waals surface area contributed by atoms with Gasteiger partial charge in [0.15, 0.2) is 6.10 Å². The summed E-state index contributed by atoms with van der Waals surface area (Å²) in [6.45, 7) is 4.93. The predicted octanol–water partition coefficient (Wildman–Crippen LogP) is 18.5. The number of aliphatic carboxylic acids is 1. The molecule has 2 unspecified atom stereocenters. The number of carbonyl (C=O) groups is 3. The van der Waals surface area contributed by atoms with Crippen LogP contribution >= 0.6 is 0 Å². The highest BCUT2D eigenvalue weighted by Gasteiger charge is 2.25. The second-order valence-corrected chi connectivity index (χ2v) is 22.7. The Labute approximate surface area is 446 Å². The Morgan fingerprint density at radius 2 is 0.708 bits per heavy atom. The number of likely N-dealkylation sites (N-methyl/N-ethyl adjacent to an activating group) is 1. The number of rotatable bonds is 59. The van der Waals surface area contributed by atoms with Crippen molar-refractivity contribution in [3.05, 3.63) is 12.2 Å². The van der Waals surface area contributed by atoms with Gasteiger partial charge < -0.3 is 28.5 Å². The average molecular weight is 1020 g/mol. The van der Waals surface area contributed by atoms with Crippen LogP contribution in [0.3, 0.4) is 0 Å². The van der Waals surface area contributed by atoms with Crippen LogP contribution in [0.1, 0.15) is 316 Å². The van der Waals surface area contributed by atoms with Crippen LogP contribution in [0.2, 0.25) is 0 Å². The van der Waals surface area contributed by atoms with Crippen molar-refractivity contribution < 1.29 is 42.9 Å². The Balaban J connectivity index is 4.09. The monoisotopic (exact) mass is 1020 g/mol. The molecule has 0 amide bonds. The largest absolute Gasteiger partial charge is 0.477 e. The van der Waals surface area contributed by atoms with Gasteiger partial charge >= 0.3 is 17.9 Å². The molecule has 9 heteroatoms. The quantitative estimate of drug-likeness (QED) is 0.0211. The van der Waals surface area contributed by atoms with Crippen LogP contribution in [0.25, 0.3) is 0 Å². The minimum atomic E-state index is -1.51. The molecule has 0 saturated carbocycles. The third kappa shape index (κ3) is 55.8. The van der Waals surface area contributed by atoms with E-state index in [1.807, 2.05) is 21.1 Å². The number of unbranched alkanes of at least 4 members (excludes halogenated alkanes) is 42. The third-order valence-corrected chi connectivity index (χ3v) is 14.3. The van der Waals surface area contributed by atoms with E-state index in [-0.39, 0.29) is 32.2 Å². The molecule has 0 aliphatic rings. The fourth-order valence-electron chi connectivity index (χ4n) is 9.42. The van der Waals surface area contributed by atoms with Gasteiger partial charge in [0, 0.05) is 12.8 Å². The third-order valence-electron chi connectivity index (χ3n) is 14.3. The van der Waals surface area contributed by atoms with Crippen molar-refractivity contribution in [2.75, 3.05) is 47.5 Å². The van der Waals surface area contributed by atoms with Gasteiger partial charge in [0.2, 0.25) is 0 Å². The molecule has 0 spiro atoms. The van der Waals surface area contributed by atoms with Crippen molar-refractivity contribution in [2.45, 2.75) is 328 Å². The van der Waals surface area contributed by atoms with E-state index in [9.17, 15) is 19.5 Å². The van der Waals surface area contributed by atoms with Gasteiger partial charge in [-0.05, 0) is 38.5 Å². The maximum absolute atomic E-state index is 12.9. The molecule has 1 N–H and O–H groups in total. The Bertz CT molecular complexity index is 1190. The fraction of sp³-hybridized carbons (Fsp3) is 0.921. The Morgan fingerprint density at radius 3 is 1.03 bits per heavy atom. The number of allylic oxidation sites excluding steroid dienone is 2. The molecule has 2 atom stereocenters. The number of hydrogen-bond donors (Lipinski definition) is 1. The minimum absolute atomic E-state index is 0.177. The molecule has 0 aliphatic carbocycles. The van der Waals surface area contributed by atoms with E-state index in [4.69, 9.17) is 18.9 Å². The maximum atomic E-state index is 12.9. The highest BCUT2D eigenvalue weighted by Crippen LogP contribution is 2.18. The number of ether oxygens (including phenoxy) is 4. The lowest BCUT2D eigenvalue weighted by atomic mass is 10.0. The van der Waals surface area contributed by atoms with Gasteiger partial charge in [-0.2, -0.15) is 0 Å². The summed E-state index contributed by atoms with van der Waals surface area (Å²) >= 11 is 0. The number of carbonyl (C=O) groups excluding carboxylic acids is 2. The Morgan fingerprint density at radius 1 is 0.403 bits per heavy atom. The van der Waals surface area contributed by atoms with Crippen molar-refractivity contribution >= 4 is 17.9 Å². The summed E-state index contributed by atoms with van der Waals surface area (Å²) in [5.74, 6) is -1.99. The number of hydrogen-bond acceptors (Lipinski definition) is 7. The summed E-state index contributed by atoms with van der Waals surface area (Å²) in [5, 5.41) is 9.71. The molecule has 0 heterocycles. The lowest BCUT2D eigenvalue weighted by Gasteiger charge is -2.25. The number of carboxylic acid groups (broad SMARTS) is 1. The average Bonchev–Trinajstić information content (AvgIpc) is 3.35. The van der Waals surface area contributed by atoms with Crippen molar-refractivity contribution in [3.8, 4) is 0 Å². The molecule has 0 saturated heterocycles. The van der Waals surface area contributed by atoms with E-state index >= 15 is 0 Å². The van der Waals surface area contributed by atoms with Crippen LogP contribution in [-0.4, -0.2) is 87.4 Å². The Hall–Kier alpha value is -1.97. The zero-order valence-corrected chi connectivity index (χ0v) is 48.6. The normalized spacial score (nSPS) is 12.7. The summed E-state index contributed by atoms with van der Waals surface area (Å²) in [6.07, 6.45) is 61.7. The van der Waals surface area contributed by atoms with Gasteiger partial charge in [-0.15, -0.1) is 0 Å². The summed E-state index contributed by atoms with van der Waals surface area (Å²) < 4.78 is 22.9. The van der Waals surface area contributed by atoms with Crippen LogP contribution < -0.4 is 0 Å². The van der Waals surface area contributed by atoms with E-state index in [0.717, 1.165) is 51.4 Å². The Kier molecular flexibility index (Phi) is 53.8. The topological polar surface area (TPSA) is 108 Å². The first-order chi connectivity index (χ1) is 35.1. The molecule has 0 aromatic rings. The molecule has 0 rings (SSSR count). The standard InChI is InChI=1S/C63H121NO8/c1-6-8-10-12-14-16-18-20-22-24-26-27-28-29-30-31-32-33-34-35-36-38-39-41-43-45-47-49-51-53-60(65)70-57-59(58-71-63(62(67)68)69-56-55-64(3,4)5)72-61(66)54-52-50-48-46-44-42-40-37-25-23-21-19-17-15-13-11-9-7-2/h23,25,59,63H,6-22,24,26-58H2,1-5H3/p+1/b25-23-. The van der Waals surface area contributed by atoms with E-state index < -0.39 is 24.3 Å². The van der Waals surface area contributed by atoms with Crippen LogP contribution in [0.15, 0.2) is 12.2 Å². The minimum Gasteiger partial charge on any atom is -0.477 e. The maximum Gasteiger partial charge on any atom is 0.361 e. The van der Waals surface area contributed by atoms with Crippen molar-refractivity contribution in [1.29, 1.82) is 0 Å². The highest BCUT2D eigenvalue weighted by atomic mass is 16.7. The van der Waals surface area contributed by atoms with Crippen molar-refractivity contribution in [1.82, 2.24) is 0 Å². The van der Waals surface area contributed by atoms with Gasteiger partial charge in [-0.1, -0.05) is 276 Å². The van der Waals surface area contributed by atoms with Crippen molar-refractivity contribution in [2.24, 2.45) is 0 Å². The second kappa shape index (κ2) is 55.3. The first kappa shape index (κ1) is 70.0. The first-order valence-corrected chi connectivity index (χ1v) is 31.4. The van der Waals surface area contributed by atoms with Crippen LogP contribution in [0.4, 0.5) is 0 Å². The van der Waals surface area contributed by atoms with Crippen LogP contribution in [0, 0.1) is 0 Å². The van der Waals surface area contributed by atoms with Gasteiger partial charge in [-0.25, -0.2) is 4.79 Å². The summed E-state index contributed by atoms with van der Waals surface area (Å²) in [6, 6.07) is 0. The molecule has 0 radical (unpaired) electrons. The second-order valence-electron chi connectivity index (χ2n) is 22.7. The van der Waals surface area contributed by atoms with E-state index in [1.165, 1.54) is 238 Å². The highest BCUT2D eigenvalue weighted by molar-refractivity contribution is 5.71. The molecule has 0 aliphatic heterocycles. The smallest absolute Gasteiger partial charge is 0.361 e. The molecule has 426 valence electrons. The SMILES string of the molecule is CCCCCCCCC/C=C\CCCCCCCCCC(=O)OC(COC(=O)CCCCCCCCCCCCCCCCCCCCCCCCCCCCCCC)COC(OCC[N+](C)(C)C)C(=O)O. The summed E-state index contributed by atoms with van der Waals surface area (Å²) in [7, 11) is 5.98. The molecule has 0 fully saturated rings. The molecular formula is C63H122NO8+. The summed E-state index contributed by atoms with van der Waals surface area (Å²) in [5.41, 5.74) is 0. The lowest BCUT2D eigenvalue weighted by Crippen LogP contribution is -2.40. The number of nitrogens with zero attached hydrogens (tertiary/aromatic N) is 1. The predicted molar refractivity (Wildman–Crippen MR) is 305 cm³/mol. The number of carboxylic acids is 1. The molecule has 0 aromatic carbocycles. The summed E-state index contributed by atoms with van der Waals surface area (Å²) in [4.78, 5) is 37.4.